The maximum absolute atomic E-state index is 12.4. The third kappa shape index (κ3) is 3.35. The second kappa shape index (κ2) is 7.14. The average molecular weight is 243 g/mol. The molecule has 0 aliphatic heterocycles. The number of amides is 1. The first-order chi connectivity index (χ1) is 7.99. The molecule has 0 aromatic carbocycles. The van der Waals surface area contributed by atoms with E-state index in [9.17, 15) is 4.79 Å². The molecular weight excluding hydrogens is 218 g/mol. The molecular formula is C12H25N3O2. The van der Waals surface area contributed by atoms with Gasteiger partial charge in [-0.1, -0.05) is 31.8 Å². The van der Waals surface area contributed by atoms with E-state index in [0.29, 0.717) is 19.4 Å². The van der Waals surface area contributed by atoms with Crippen LogP contribution in [-0.4, -0.2) is 35.4 Å². The summed E-state index contributed by atoms with van der Waals surface area (Å²) < 4.78 is 0. The zero-order valence-electron chi connectivity index (χ0n) is 11.4. The summed E-state index contributed by atoms with van der Waals surface area (Å²) in [6.45, 7) is 6.52. The lowest BCUT2D eigenvalue weighted by molar-refractivity contribution is -0.137. The molecule has 0 atom stereocenters. The van der Waals surface area contributed by atoms with Crippen LogP contribution in [0.25, 0.3) is 0 Å². The molecule has 0 aliphatic carbocycles. The number of rotatable bonds is 7. The standard InChI is InChI=1S/C12H25N3O2/c1-5-8-12(9-6-2,10(13)14-17)11(16)15(4)7-3/h17H,5-9H2,1-4H3,(H2,13,14). The Morgan fingerprint density at radius 2 is 1.76 bits per heavy atom. The molecule has 0 saturated carbocycles. The molecule has 100 valence electrons. The maximum Gasteiger partial charge on any atom is 0.236 e. The van der Waals surface area contributed by atoms with Crippen molar-refractivity contribution < 1.29 is 10.0 Å². The van der Waals surface area contributed by atoms with Crippen LogP contribution >= 0.6 is 0 Å². The van der Waals surface area contributed by atoms with Gasteiger partial charge in [0.15, 0.2) is 5.84 Å². The highest BCUT2D eigenvalue weighted by Gasteiger charge is 2.42. The molecule has 0 aromatic heterocycles. The highest BCUT2D eigenvalue weighted by molar-refractivity contribution is 6.06. The Kier molecular flexibility index (Phi) is 6.61. The first-order valence-corrected chi connectivity index (χ1v) is 6.23. The molecule has 1 amide bonds. The molecule has 0 bridgehead atoms. The summed E-state index contributed by atoms with van der Waals surface area (Å²) >= 11 is 0. The lowest BCUT2D eigenvalue weighted by Gasteiger charge is -2.34. The quantitative estimate of drug-likeness (QED) is 0.310. The molecule has 5 heteroatoms. The molecule has 0 heterocycles. The summed E-state index contributed by atoms with van der Waals surface area (Å²) in [5.41, 5.74) is 4.93. The zero-order valence-corrected chi connectivity index (χ0v) is 11.4. The molecule has 17 heavy (non-hydrogen) atoms. The maximum atomic E-state index is 12.4. The molecule has 0 rings (SSSR count). The SMILES string of the molecule is CCCC(CCC)(C(=O)N(C)CC)C(N)=NO. The molecule has 0 fully saturated rings. The van der Waals surface area contributed by atoms with Gasteiger partial charge in [0, 0.05) is 13.6 Å². The summed E-state index contributed by atoms with van der Waals surface area (Å²) in [4.78, 5) is 14.1. The first kappa shape index (κ1) is 15.7. The number of amidine groups is 1. The van der Waals surface area contributed by atoms with E-state index in [0.717, 1.165) is 12.8 Å². The predicted molar refractivity (Wildman–Crippen MR) is 69.0 cm³/mol. The Bertz CT molecular complexity index is 271. The van der Waals surface area contributed by atoms with E-state index in [1.807, 2.05) is 20.8 Å². The van der Waals surface area contributed by atoms with Crippen LogP contribution in [0.15, 0.2) is 5.16 Å². The Hall–Kier alpha value is -1.26. The lowest BCUT2D eigenvalue weighted by Crippen LogP contribution is -2.50. The Balaban J connectivity index is 5.37. The molecule has 0 aliphatic rings. The van der Waals surface area contributed by atoms with Gasteiger partial charge < -0.3 is 15.8 Å². The van der Waals surface area contributed by atoms with Crippen LogP contribution in [0.4, 0.5) is 0 Å². The number of nitrogens with zero attached hydrogens (tertiary/aromatic N) is 2. The van der Waals surface area contributed by atoms with E-state index in [1.165, 1.54) is 0 Å². The second-order valence-electron chi connectivity index (χ2n) is 4.39. The molecule has 0 unspecified atom stereocenters. The van der Waals surface area contributed by atoms with Gasteiger partial charge >= 0.3 is 0 Å². The highest BCUT2D eigenvalue weighted by Crippen LogP contribution is 2.32. The molecule has 3 N–H and O–H groups in total. The van der Waals surface area contributed by atoms with E-state index in [-0.39, 0.29) is 11.7 Å². The Morgan fingerprint density at radius 1 is 1.29 bits per heavy atom. The summed E-state index contributed by atoms with van der Waals surface area (Å²) in [6.07, 6.45) is 2.86. The molecule has 0 aromatic rings. The molecule has 0 radical (unpaired) electrons. The van der Waals surface area contributed by atoms with Gasteiger partial charge in [-0.2, -0.15) is 0 Å². The van der Waals surface area contributed by atoms with Crippen LogP contribution in [0, 0.1) is 5.41 Å². The van der Waals surface area contributed by atoms with Crippen molar-refractivity contribution in [3.8, 4) is 0 Å². The van der Waals surface area contributed by atoms with E-state index < -0.39 is 5.41 Å². The highest BCUT2D eigenvalue weighted by atomic mass is 16.4. The van der Waals surface area contributed by atoms with E-state index in [4.69, 9.17) is 10.9 Å². The fraction of sp³-hybridized carbons (Fsp3) is 0.833. The van der Waals surface area contributed by atoms with Crippen molar-refractivity contribution in [3.05, 3.63) is 0 Å². The fourth-order valence-electron chi connectivity index (χ4n) is 2.16. The van der Waals surface area contributed by atoms with Crippen molar-refractivity contribution in [3.63, 3.8) is 0 Å². The Labute approximate surface area is 104 Å². The van der Waals surface area contributed by atoms with Crippen LogP contribution in [0.3, 0.4) is 0 Å². The van der Waals surface area contributed by atoms with Gasteiger partial charge in [-0.15, -0.1) is 0 Å². The van der Waals surface area contributed by atoms with Crippen molar-refractivity contribution >= 4 is 11.7 Å². The second-order valence-corrected chi connectivity index (χ2v) is 4.39. The molecule has 0 spiro atoms. The van der Waals surface area contributed by atoms with Crippen molar-refractivity contribution in [1.29, 1.82) is 0 Å². The van der Waals surface area contributed by atoms with Gasteiger partial charge in [-0.3, -0.25) is 4.79 Å². The Morgan fingerprint density at radius 3 is 2.06 bits per heavy atom. The fourth-order valence-corrected chi connectivity index (χ4v) is 2.16. The van der Waals surface area contributed by atoms with Gasteiger partial charge in [0.05, 0.1) is 0 Å². The van der Waals surface area contributed by atoms with Crippen LogP contribution in [0.2, 0.25) is 0 Å². The largest absolute Gasteiger partial charge is 0.409 e. The third-order valence-electron chi connectivity index (χ3n) is 3.18. The number of nitrogens with two attached hydrogens (primary N) is 1. The van der Waals surface area contributed by atoms with E-state index in [1.54, 1.807) is 11.9 Å². The van der Waals surface area contributed by atoms with Gasteiger partial charge in [-0.05, 0) is 19.8 Å². The van der Waals surface area contributed by atoms with Crippen LogP contribution in [0.1, 0.15) is 46.5 Å². The summed E-state index contributed by atoms with van der Waals surface area (Å²) in [5.74, 6) is -0.0227. The number of hydrogen-bond acceptors (Lipinski definition) is 3. The van der Waals surface area contributed by atoms with E-state index in [2.05, 4.69) is 5.16 Å². The topological polar surface area (TPSA) is 78.9 Å². The van der Waals surface area contributed by atoms with Gasteiger partial charge in [0.2, 0.25) is 5.91 Å². The summed E-state index contributed by atoms with van der Waals surface area (Å²) in [6, 6.07) is 0. The number of carbonyl (C=O) groups excluding carboxylic acids is 1. The minimum Gasteiger partial charge on any atom is -0.409 e. The van der Waals surface area contributed by atoms with Crippen LogP contribution in [0.5, 0.6) is 0 Å². The van der Waals surface area contributed by atoms with Crippen molar-refractivity contribution in [2.75, 3.05) is 13.6 Å². The lowest BCUT2D eigenvalue weighted by atomic mass is 9.76. The van der Waals surface area contributed by atoms with Crippen LogP contribution in [-0.2, 0) is 4.79 Å². The zero-order chi connectivity index (χ0) is 13.5. The normalized spacial score (nSPS) is 12.6. The number of oxime groups is 1. The van der Waals surface area contributed by atoms with Gasteiger partial charge in [0.1, 0.15) is 5.41 Å². The third-order valence-corrected chi connectivity index (χ3v) is 3.18. The molecule has 0 saturated heterocycles. The van der Waals surface area contributed by atoms with Crippen molar-refractivity contribution in [2.45, 2.75) is 46.5 Å². The monoisotopic (exact) mass is 243 g/mol. The summed E-state index contributed by atoms with van der Waals surface area (Å²) in [5, 5.41) is 12.0. The smallest absolute Gasteiger partial charge is 0.236 e. The first-order valence-electron chi connectivity index (χ1n) is 6.23. The van der Waals surface area contributed by atoms with Crippen LogP contribution < -0.4 is 5.73 Å². The average Bonchev–Trinajstić information content (AvgIpc) is 2.35. The van der Waals surface area contributed by atoms with Gasteiger partial charge in [0.25, 0.3) is 0 Å². The van der Waals surface area contributed by atoms with Crippen molar-refractivity contribution in [1.82, 2.24) is 4.90 Å². The molecule has 5 nitrogen and oxygen atoms in total. The van der Waals surface area contributed by atoms with Gasteiger partial charge in [-0.25, -0.2) is 0 Å². The number of carbonyl (C=O) groups is 1. The minimum atomic E-state index is -0.844. The predicted octanol–water partition coefficient (Wildman–Crippen LogP) is 1.80. The number of hydrogen-bond donors (Lipinski definition) is 2. The van der Waals surface area contributed by atoms with E-state index >= 15 is 0 Å². The summed E-state index contributed by atoms with van der Waals surface area (Å²) in [7, 11) is 1.74. The van der Waals surface area contributed by atoms with Crippen molar-refractivity contribution in [2.24, 2.45) is 16.3 Å². The minimum absolute atomic E-state index is 0.0338.